The summed E-state index contributed by atoms with van der Waals surface area (Å²) in [7, 11) is 0. The molecule has 16 heteroatoms. The summed E-state index contributed by atoms with van der Waals surface area (Å²) in [6.45, 7) is 2.05. The highest BCUT2D eigenvalue weighted by Crippen LogP contribution is 2.35. The summed E-state index contributed by atoms with van der Waals surface area (Å²) in [5.41, 5.74) is 2.12. The molecule has 0 atom stereocenters. The number of carbonyl (C=O) groups is 2. The highest BCUT2D eigenvalue weighted by Gasteiger charge is 2.39. The summed E-state index contributed by atoms with van der Waals surface area (Å²) >= 11 is 0. The van der Waals surface area contributed by atoms with Crippen LogP contribution in [0.15, 0.2) is 67.3 Å². The molecule has 0 radical (unpaired) electrons. The molecule has 13 nitrogen and oxygen atoms in total. The van der Waals surface area contributed by atoms with Gasteiger partial charge >= 0.3 is 6.36 Å². The molecule has 6 rings (SSSR count). The van der Waals surface area contributed by atoms with Gasteiger partial charge in [-0.2, -0.15) is 20.4 Å². The van der Waals surface area contributed by atoms with Gasteiger partial charge in [-0.3, -0.25) is 14.3 Å². The molecular formula is C29H25F3N10O3. The fourth-order valence-corrected chi connectivity index (χ4v) is 5.32. The van der Waals surface area contributed by atoms with Gasteiger partial charge in [-0.25, -0.2) is 9.20 Å². The molecule has 0 unspecified atom stereocenters. The Morgan fingerprint density at radius 2 is 1.82 bits per heavy atom. The number of piperidine rings is 1. The number of carbonyl (C=O) groups excluding carboxylic acids is 2. The Bertz CT molecular complexity index is 1910. The molecule has 230 valence electrons. The van der Waals surface area contributed by atoms with Crippen molar-refractivity contribution in [1.82, 2.24) is 39.1 Å². The van der Waals surface area contributed by atoms with Gasteiger partial charge in [0.1, 0.15) is 5.75 Å². The van der Waals surface area contributed by atoms with Crippen LogP contribution in [0.4, 0.5) is 24.8 Å². The maximum absolute atomic E-state index is 13.1. The fraction of sp³-hybridized carbons (Fsp3) is 0.276. The Morgan fingerprint density at radius 3 is 2.49 bits per heavy atom. The highest BCUT2D eigenvalue weighted by molar-refractivity contribution is 5.94. The van der Waals surface area contributed by atoms with E-state index in [1.807, 2.05) is 18.3 Å². The second kappa shape index (κ2) is 11.4. The van der Waals surface area contributed by atoms with E-state index in [4.69, 9.17) is 0 Å². The maximum atomic E-state index is 13.1. The van der Waals surface area contributed by atoms with Crippen LogP contribution in [-0.4, -0.2) is 70.3 Å². The number of alkyl halides is 3. The first-order valence-electron chi connectivity index (χ1n) is 13.8. The first kappa shape index (κ1) is 29.4. The van der Waals surface area contributed by atoms with E-state index in [9.17, 15) is 28.0 Å². The summed E-state index contributed by atoms with van der Waals surface area (Å²) in [5, 5.41) is 25.9. The molecule has 0 spiro atoms. The van der Waals surface area contributed by atoms with Crippen LogP contribution in [0.1, 0.15) is 41.3 Å². The van der Waals surface area contributed by atoms with Crippen LogP contribution in [0, 0.1) is 11.3 Å². The Hall–Kier alpha value is -5.72. The zero-order chi connectivity index (χ0) is 31.8. The number of likely N-dealkylation sites (tertiary alicyclic amines) is 1. The molecule has 1 aliphatic rings. The molecule has 45 heavy (non-hydrogen) atoms. The molecular weight excluding hydrogens is 593 g/mol. The number of pyridine rings is 1. The van der Waals surface area contributed by atoms with E-state index < -0.39 is 17.7 Å². The molecule has 0 saturated carbocycles. The molecule has 1 N–H and O–H groups in total. The van der Waals surface area contributed by atoms with Crippen LogP contribution in [0.2, 0.25) is 0 Å². The minimum Gasteiger partial charge on any atom is -0.406 e. The summed E-state index contributed by atoms with van der Waals surface area (Å²) in [6.07, 6.45) is 2.78. The van der Waals surface area contributed by atoms with Gasteiger partial charge in [0.15, 0.2) is 5.65 Å². The second-order valence-electron chi connectivity index (χ2n) is 10.5. The van der Waals surface area contributed by atoms with E-state index in [-0.39, 0.29) is 23.8 Å². The van der Waals surface area contributed by atoms with Crippen molar-refractivity contribution < 1.29 is 27.5 Å². The third-order valence-electron chi connectivity index (χ3n) is 7.61. The molecule has 1 saturated heterocycles. The van der Waals surface area contributed by atoms with E-state index >= 15 is 0 Å². The predicted molar refractivity (Wildman–Crippen MR) is 152 cm³/mol. The average Bonchev–Trinajstić information content (AvgIpc) is 3.77. The van der Waals surface area contributed by atoms with Crippen molar-refractivity contribution in [1.29, 1.82) is 5.26 Å². The van der Waals surface area contributed by atoms with Crippen molar-refractivity contribution >= 4 is 29.1 Å². The Labute approximate surface area is 253 Å². The molecule has 5 aromatic rings. The van der Waals surface area contributed by atoms with Gasteiger partial charge in [-0.15, -0.1) is 18.3 Å². The lowest BCUT2D eigenvalue weighted by atomic mass is 9.84. The van der Waals surface area contributed by atoms with Crippen LogP contribution in [0.25, 0.3) is 16.9 Å². The number of halogens is 3. The van der Waals surface area contributed by atoms with Crippen LogP contribution < -0.4 is 10.1 Å². The van der Waals surface area contributed by atoms with Gasteiger partial charge in [0, 0.05) is 37.3 Å². The number of nitrogens with one attached hydrogen (secondary N) is 1. The Kier molecular flexibility index (Phi) is 7.44. The van der Waals surface area contributed by atoms with Crippen LogP contribution in [0.3, 0.4) is 0 Å². The molecule has 1 aliphatic heterocycles. The summed E-state index contributed by atoms with van der Waals surface area (Å²) in [6, 6.07) is 12.6. The van der Waals surface area contributed by atoms with Crippen molar-refractivity contribution in [2.45, 2.75) is 38.1 Å². The van der Waals surface area contributed by atoms with Crippen LogP contribution >= 0.6 is 0 Å². The SMILES string of the molecule is CC(=O)n1cc(Nc2nc3cccc(-c4cnn(C5(CC#N)CCN(C(=O)c6ccc(OC(F)(F)F)cc6)CC5)c4)n3n2)cn1. The van der Waals surface area contributed by atoms with Gasteiger partial charge in [0.2, 0.25) is 11.9 Å². The lowest BCUT2D eigenvalue weighted by Crippen LogP contribution is -2.48. The minimum absolute atomic E-state index is 0.162. The first-order chi connectivity index (χ1) is 21.5. The van der Waals surface area contributed by atoms with E-state index in [1.165, 1.54) is 36.1 Å². The zero-order valence-corrected chi connectivity index (χ0v) is 23.8. The topological polar surface area (TPSA) is 148 Å². The zero-order valence-electron chi connectivity index (χ0n) is 23.8. The molecule has 1 amide bonds. The van der Waals surface area contributed by atoms with E-state index in [2.05, 4.69) is 36.4 Å². The number of nitriles is 1. The number of hydrogen-bond acceptors (Lipinski definition) is 9. The van der Waals surface area contributed by atoms with Crippen molar-refractivity contribution in [2.75, 3.05) is 18.4 Å². The van der Waals surface area contributed by atoms with Crippen molar-refractivity contribution in [3.05, 3.63) is 72.8 Å². The van der Waals surface area contributed by atoms with Crippen molar-refractivity contribution in [3.8, 4) is 23.1 Å². The number of hydrogen-bond donors (Lipinski definition) is 1. The number of nitrogens with zero attached hydrogens (tertiary/aromatic N) is 9. The van der Waals surface area contributed by atoms with E-state index in [0.29, 0.717) is 48.9 Å². The predicted octanol–water partition coefficient (Wildman–Crippen LogP) is 4.64. The molecule has 1 fully saturated rings. The summed E-state index contributed by atoms with van der Waals surface area (Å²) in [5.74, 6) is -0.657. The van der Waals surface area contributed by atoms with Crippen LogP contribution in [-0.2, 0) is 5.54 Å². The lowest BCUT2D eigenvalue weighted by molar-refractivity contribution is -0.274. The van der Waals surface area contributed by atoms with Gasteiger partial charge in [-0.1, -0.05) is 6.07 Å². The largest absolute Gasteiger partial charge is 0.573 e. The number of ether oxygens (including phenoxy) is 1. The highest BCUT2D eigenvalue weighted by atomic mass is 19.4. The van der Waals surface area contributed by atoms with Gasteiger partial charge < -0.3 is 15.0 Å². The number of fused-ring (bicyclic) bond motifs is 1. The number of benzene rings is 1. The van der Waals surface area contributed by atoms with E-state index in [0.717, 1.165) is 17.7 Å². The maximum Gasteiger partial charge on any atom is 0.573 e. The number of anilines is 2. The monoisotopic (exact) mass is 618 g/mol. The minimum atomic E-state index is -4.82. The normalized spacial score (nSPS) is 14.7. The first-order valence-corrected chi connectivity index (χ1v) is 13.8. The average molecular weight is 619 g/mol. The number of rotatable bonds is 7. The second-order valence-corrected chi connectivity index (χ2v) is 10.5. The van der Waals surface area contributed by atoms with E-state index in [1.54, 1.807) is 26.4 Å². The van der Waals surface area contributed by atoms with Gasteiger partial charge in [0.05, 0.1) is 48.0 Å². The van der Waals surface area contributed by atoms with Crippen molar-refractivity contribution in [3.63, 3.8) is 0 Å². The number of amides is 1. The summed E-state index contributed by atoms with van der Waals surface area (Å²) in [4.78, 5) is 30.8. The Balaban J connectivity index is 1.18. The molecule has 4 aromatic heterocycles. The Morgan fingerprint density at radius 1 is 1.07 bits per heavy atom. The molecule has 1 aromatic carbocycles. The van der Waals surface area contributed by atoms with Gasteiger partial charge in [-0.05, 0) is 49.2 Å². The molecule has 0 aliphatic carbocycles. The quantitative estimate of drug-likeness (QED) is 0.275. The third-order valence-corrected chi connectivity index (χ3v) is 7.61. The fourth-order valence-electron chi connectivity index (χ4n) is 5.32. The van der Waals surface area contributed by atoms with Crippen molar-refractivity contribution in [2.24, 2.45) is 0 Å². The number of aromatic nitrogens is 7. The molecule has 5 heterocycles. The van der Waals surface area contributed by atoms with Gasteiger partial charge in [0.25, 0.3) is 5.91 Å². The smallest absolute Gasteiger partial charge is 0.406 e. The molecule has 0 bridgehead atoms. The standard InChI is InChI=1S/C29H25F3N10O3/c1-19(43)40-18-22(16-34-40)36-27-37-25-4-2-3-24(42(25)38-27)21-15-35-41(17-21)28(9-12-33)10-13-39(14-11-28)26(44)20-5-7-23(8-6-20)45-29(30,31)32/h2-8,15-18H,9-11,13-14H2,1H3,(H,36,38). The third kappa shape index (κ3) is 6.05. The lowest BCUT2D eigenvalue weighted by Gasteiger charge is -2.40. The van der Waals surface area contributed by atoms with Crippen LogP contribution in [0.5, 0.6) is 5.75 Å². The summed E-state index contributed by atoms with van der Waals surface area (Å²) < 4.78 is 45.9.